The standard InChI is InChI=1S/C22H32N2O7S/c1-14(2)10-24(32-16-6-4-15(28-3)5-7-16)11-19(26)18(12-25)23-22(27)31-20-13-30-21-17(20)8-9-29-21/h4-7,12,14,17-21,26H,8-11,13H2,1-3H3,(H,23,27)/t17-,18-,19+,20-,21+/m0/s1. The predicted octanol–water partition coefficient (Wildman–Crippen LogP) is 2.08. The van der Waals surface area contributed by atoms with Crippen molar-refractivity contribution in [3.05, 3.63) is 24.3 Å². The third-order valence-corrected chi connectivity index (χ3v) is 6.38. The fourth-order valence-corrected chi connectivity index (χ4v) is 4.90. The number of rotatable bonds is 11. The molecule has 0 bridgehead atoms. The Morgan fingerprint density at radius 2 is 2.06 bits per heavy atom. The molecule has 1 amide bonds. The smallest absolute Gasteiger partial charge is 0.408 e. The number of hydrogen-bond acceptors (Lipinski definition) is 9. The van der Waals surface area contributed by atoms with Crippen LogP contribution in [0, 0.1) is 11.8 Å². The number of carbonyl (C=O) groups is 2. The summed E-state index contributed by atoms with van der Waals surface area (Å²) in [5, 5.41) is 13.2. The molecule has 0 aliphatic carbocycles. The lowest BCUT2D eigenvalue weighted by Gasteiger charge is -2.28. The molecule has 2 aliphatic rings. The fourth-order valence-electron chi connectivity index (χ4n) is 3.74. The van der Waals surface area contributed by atoms with Gasteiger partial charge in [-0.3, -0.25) is 0 Å². The van der Waals surface area contributed by atoms with Crippen LogP contribution in [-0.4, -0.2) is 79.7 Å². The summed E-state index contributed by atoms with van der Waals surface area (Å²) in [6, 6.07) is 6.50. The quantitative estimate of drug-likeness (QED) is 0.373. The van der Waals surface area contributed by atoms with Gasteiger partial charge in [0.1, 0.15) is 24.2 Å². The Hall–Kier alpha value is -1.85. The largest absolute Gasteiger partial charge is 0.497 e. The van der Waals surface area contributed by atoms with E-state index in [-0.39, 0.29) is 25.4 Å². The molecular weight excluding hydrogens is 436 g/mol. The maximum atomic E-state index is 12.3. The maximum Gasteiger partial charge on any atom is 0.408 e. The molecule has 1 aromatic carbocycles. The lowest BCUT2D eigenvalue weighted by atomic mass is 10.0. The molecule has 2 heterocycles. The van der Waals surface area contributed by atoms with Crippen LogP contribution in [0.1, 0.15) is 20.3 Å². The Kier molecular flexibility index (Phi) is 9.18. The maximum absolute atomic E-state index is 12.3. The van der Waals surface area contributed by atoms with Crippen molar-refractivity contribution in [1.82, 2.24) is 9.62 Å². The molecule has 178 valence electrons. The second kappa shape index (κ2) is 11.9. The first-order valence-electron chi connectivity index (χ1n) is 10.8. The van der Waals surface area contributed by atoms with E-state index in [1.54, 1.807) is 7.11 Å². The number of nitrogens with zero attached hydrogens (tertiary/aromatic N) is 1. The molecular formula is C22H32N2O7S. The number of aldehydes is 1. The van der Waals surface area contributed by atoms with E-state index in [9.17, 15) is 14.7 Å². The molecule has 1 aromatic rings. The highest BCUT2D eigenvalue weighted by atomic mass is 32.2. The zero-order valence-corrected chi connectivity index (χ0v) is 19.5. The summed E-state index contributed by atoms with van der Waals surface area (Å²) in [6.07, 6.45) is -1.32. The highest BCUT2D eigenvalue weighted by Crippen LogP contribution is 2.33. The molecule has 10 heteroatoms. The van der Waals surface area contributed by atoms with Crippen LogP contribution in [-0.2, 0) is 19.0 Å². The number of fused-ring (bicyclic) bond motifs is 1. The van der Waals surface area contributed by atoms with Gasteiger partial charge >= 0.3 is 6.09 Å². The number of nitrogens with one attached hydrogen (secondary N) is 1. The molecule has 0 unspecified atom stereocenters. The third kappa shape index (κ3) is 6.82. The molecule has 0 aromatic heterocycles. The number of amides is 1. The summed E-state index contributed by atoms with van der Waals surface area (Å²) >= 11 is 1.48. The summed E-state index contributed by atoms with van der Waals surface area (Å²) in [5.41, 5.74) is 0. The Morgan fingerprint density at radius 1 is 1.31 bits per heavy atom. The SMILES string of the molecule is COc1ccc(SN(CC(C)C)C[C@@H](O)[C@H](C=O)NC(=O)O[C@H]2CO[C@H]3OCC[C@H]32)cc1. The molecule has 3 rings (SSSR count). The van der Waals surface area contributed by atoms with Gasteiger partial charge in [0, 0.05) is 18.0 Å². The monoisotopic (exact) mass is 468 g/mol. The van der Waals surface area contributed by atoms with Crippen molar-refractivity contribution in [3.8, 4) is 5.75 Å². The molecule has 2 aliphatic heterocycles. The highest BCUT2D eigenvalue weighted by Gasteiger charge is 2.44. The van der Waals surface area contributed by atoms with E-state index in [0.29, 0.717) is 25.4 Å². The minimum absolute atomic E-state index is 0.00258. The van der Waals surface area contributed by atoms with Crippen LogP contribution in [0.5, 0.6) is 5.75 Å². The summed E-state index contributed by atoms with van der Waals surface area (Å²) < 4.78 is 23.5. The predicted molar refractivity (Wildman–Crippen MR) is 118 cm³/mol. The van der Waals surface area contributed by atoms with Gasteiger partial charge in [-0.25, -0.2) is 9.10 Å². The third-order valence-electron chi connectivity index (χ3n) is 5.34. The first-order valence-corrected chi connectivity index (χ1v) is 11.6. The van der Waals surface area contributed by atoms with E-state index in [4.69, 9.17) is 18.9 Å². The molecule has 9 nitrogen and oxygen atoms in total. The number of hydrogen-bond donors (Lipinski definition) is 2. The zero-order chi connectivity index (χ0) is 23.1. The number of carbonyl (C=O) groups excluding carboxylic acids is 2. The van der Waals surface area contributed by atoms with Crippen LogP contribution in [0.3, 0.4) is 0 Å². The van der Waals surface area contributed by atoms with E-state index in [1.165, 1.54) is 11.9 Å². The van der Waals surface area contributed by atoms with Gasteiger partial charge in [0.2, 0.25) is 0 Å². The Morgan fingerprint density at radius 3 is 2.72 bits per heavy atom. The topological polar surface area (TPSA) is 107 Å². The molecule has 2 saturated heterocycles. The number of benzene rings is 1. The minimum Gasteiger partial charge on any atom is -0.497 e. The van der Waals surface area contributed by atoms with Crippen LogP contribution >= 0.6 is 11.9 Å². The van der Waals surface area contributed by atoms with Gasteiger partial charge < -0.3 is 34.2 Å². The fraction of sp³-hybridized carbons (Fsp3) is 0.636. The second-order valence-electron chi connectivity index (χ2n) is 8.35. The summed E-state index contributed by atoms with van der Waals surface area (Å²) in [4.78, 5) is 24.9. The van der Waals surface area contributed by atoms with Crippen LogP contribution in [0.15, 0.2) is 29.2 Å². The average Bonchev–Trinajstić information content (AvgIpc) is 3.37. The number of methoxy groups -OCH3 is 1. The van der Waals surface area contributed by atoms with Crippen molar-refractivity contribution in [2.75, 3.05) is 33.4 Å². The van der Waals surface area contributed by atoms with Crippen molar-refractivity contribution in [3.63, 3.8) is 0 Å². The lowest BCUT2D eigenvalue weighted by molar-refractivity contribution is -0.112. The van der Waals surface area contributed by atoms with Gasteiger partial charge in [-0.1, -0.05) is 13.8 Å². The molecule has 2 fully saturated rings. The van der Waals surface area contributed by atoms with E-state index in [1.807, 2.05) is 28.6 Å². The van der Waals surface area contributed by atoms with Gasteiger partial charge in [-0.05, 0) is 48.6 Å². The molecule has 0 radical (unpaired) electrons. The highest BCUT2D eigenvalue weighted by molar-refractivity contribution is 7.97. The Labute approximate surface area is 192 Å². The van der Waals surface area contributed by atoms with Crippen LogP contribution in [0.4, 0.5) is 4.79 Å². The zero-order valence-electron chi connectivity index (χ0n) is 18.6. The van der Waals surface area contributed by atoms with Crippen molar-refractivity contribution in [2.24, 2.45) is 11.8 Å². The van der Waals surface area contributed by atoms with Crippen molar-refractivity contribution in [2.45, 2.75) is 49.7 Å². The van der Waals surface area contributed by atoms with Gasteiger partial charge in [0.05, 0.1) is 32.3 Å². The number of alkyl carbamates (subject to hydrolysis) is 1. The van der Waals surface area contributed by atoms with Gasteiger partial charge in [0.15, 0.2) is 6.29 Å². The van der Waals surface area contributed by atoms with Gasteiger partial charge in [0.25, 0.3) is 0 Å². The Bertz CT molecular complexity index is 748. The number of ether oxygens (including phenoxy) is 4. The van der Waals surface area contributed by atoms with E-state index >= 15 is 0 Å². The van der Waals surface area contributed by atoms with Crippen LogP contribution in [0.2, 0.25) is 0 Å². The van der Waals surface area contributed by atoms with Crippen molar-refractivity contribution < 1.29 is 33.6 Å². The molecule has 2 N–H and O–H groups in total. The van der Waals surface area contributed by atoms with Crippen LogP contribution < -0.4 is 10.1 Å². The Balaban J connectivity index is 1.54. The van der Waals surface area contributed by atoms with Crippen LogP contribution in [0.25, 0.3) is 0 Å². The van der Waals surface area contributed by atoms with Gasteiger partial charge in [-0.15, -0.1) is 0 Å². The van der Waals surface area contributed by atoms with E-state index in [2.05, 4.69) is 19.2 Å². The molecule has 0 saturated carbocycles. The van der Waals surface area contributed by atoms with Gasteiger partial charge in [-0.2, -0.15) is 0 Å². The van der Waals surface area contributed by atoms with E-state index < -0.39 is 24.3 Å². The minimum atomic E-state index is -1.10. The lowest BCUT2D eigenvalue weighted by Crippen LogP contribution is -2.49. The summed E-state index contributed by atoms with van der Waals surface area (Å²) in [6.45, 7) is 5.85. The number of aliphatic hydroxyl groups is 1. The van der Waals surface area contributed by atoms with Crippen molar-refractivity contribution >= 4 is 24.3 Å². The first kappa shape index (κ1) is 24.8. The van der Waals surface area contributed by atoms with Crippen molar-refractivity contribution in [1.29, 1.82) is 0 Å². The normalized spacial score (nSPS) is 24.2. The number of aliphatic hydroxyl groups excluding tert-OH is 1. The first-order chi connectivity index (χ1) is 15.4. The molecule has 0 spiro atoms. The van der Waals surface area contributed by atoms with E-state index in [0.717, 1.165) is 17.1 Å². The molecule has 5 atom stereocenters. The molecule has 32 heavy (non-hydrogen) atoms. The second-order valence-corrected chi connectivity index (χ2v) is 9.52. The summed E-state index contributed by atoms with van der Waals surface area (Å²) in [7, 11) is 1.61. The summed E-state index contributed by atoms with van der Waals surface area (Å²) in [5.74, 6) is 1.10. The average molecular weight is 469 g/mol.